The molecule has 0 spiro atoms. The van der Waals surface area contributed by atoms with Crippen LogP contribution in [0.25, 0.3) is 0 Å². The average Bonchev–Trinajstić information content (AvgIpc) is 2.08. The Morgan fingerprint density at radius 3 is 2.23 bits per heavy atom. The van der Waals surface area contributed by atoms with Crippen molar-refractivity contribution < 1.29 is 30.3 Å². The van der Waals surface area contributed by atoms with E-state index in [0.29, 0.717) is 0 Å². The average molecular weight is 193 g/mol. The highest BCUT2D eigenvalue weighted by atomic mass is 16.7. The van der Waals surface area contributed by atoms with Crippen LogP contribution in [0.2, 0.25) is 0 Å². The van der Waals surface area contributed by atoms with Crippen LogP contribution in [-0.4, -0.2) is 62.3 Å². The third-order valence-electron chi connectivity index (χ3n) is 2.05. The van der Waals surface area contributed by atoms with Gasteiger partial charge in [-0.15, -0.1) is 0 Å². The summed E-state index contributed by atoms with van der Waals surface area (Å²) in [6.07, 6.45) is -5.89. The molecule has 1 rings (SSSR count). The molecular weight excluding hydrogens is 180 g/mol. The van der Waals surface area contributed by atoms with Crippen LogP contribution in [0.5, 0.6) is 0 Å². The van der Waals surface area contributed by atoms with Gasteiger partial charge in [0.05, 0.1) is 6.61 Å². The van der Waals surface area contributed by atoms with E-state index in [-0.39, 0.29) is 0 Å². The van der Waals surface area contributed by atoms with Gasteiger partial charge in [-0.25, -0.2) is 0 Å². The molecule has 1 fully saturated rings. The number of aliphatic hydroxyl groups excluding tert-OH is 4. The van der Waals surface area contributed by atoms with Gasteiger partial charge in [-0.1, -0.05) is 0 Å². The largest absolute Gasteiger partial charge is 0.394 e. The van der Waals surface area contributed by atoms with Gasteiger partial charge in [0.15, 0.2) is 5.79 Å². The Kier molecular flexibility index (Phi) is 2.91. The van der Waals surface area contributed by atoms with Crippen molar-refractivity contribution in [3.8, 4) is 0 Å². The van der Waals surface area contributed by atoms with Crippen molar-refractivity contribution in [1.29, 1.82) is 0 Å². The minimum Gasteiger partial charge on any atom is -0.394 e. The lowest BCUT2D eigenvalue weighted by Crippen LogP contribution is -2.64. The Hall–Kier alpha value is -0.240. The first-order chi connectivity index (χ1) is 5.90. The van der Waals surface area contributed by atoms with Gasteiger partial charge < -0.3 is 30.3 Å². The quantitative estimate of drug-likeness (QED) is 0.303. The van der Waals surface area contributed by atoms with Crippen molar-refractivity contribution in [2.24, 2.45) is 0 Å². The molecule has 1 unspecified atom stereocenters. The predicted octanol–water partition coefficient (Wildman–Crippen LogP) is -3.02. The molecule has 1 aliphatic heterocycles. The lowest BCUT2D eigenvalue weighted by atomic mass is 9.94. The zero-order valence-corrected chi connectivity index (χ0v) is 6.87. The molecule has 1 aliphatic rings. The second kappa shape index (κ2) is 3.49. The van der Waals surface area contributed by atoms with Gasteiger partial charge in [-0.3, -0.25) is 0 Å². The summed E-state index contributed by atoms with van der Waals surface area (Å²) >= 11 is 0. The molecule has 1 saturated heterocycles. The third kappa shape index (κ3) is 1.83. The summed E-state index contributed by atoms with van der Waals surface area (Å²) in [5, 5.41) is 45.5. The van der Waals surface area contributed by atoms with Gasteiger partial charge in [-0.2, -0.15) is 0 Å². The molecule has 1 radical (unpaired) electrons. The Morgan fingerprint density at radius 2 is 1.77 bits per heavy atom. The summed E-state index contributed by atoms with van der Waals surface area (Å²) in [5.74, 6) is -2.20. The fraction of sp³-hybridized carbons (Fsp3) is 0.857. The lowest BCUT2D eigenvalue weighted by molar-refractivity contribution is -0.328. The van der Waals surface area contributed by atoms with Crippen molar-refractivity contribution in [1.82, 2.24) is 0 Å². The maximum Gasteiger partial charge on any atom is 0.195 e. The van der Waals surface area contributed by atoms with E-state index in [1.165, 1.54) is 0 Å². The number of hydrogen-bond donors (Lipinski definition) is 5. The molecule has 13 heavy (non-hydrogen) atoms. The van der Waals surface area contributed by atoms with Gasteiger partial charge in [0.25, 0.3) is 0 Å². The van der Waals surface area contributed by atoms with Crippen LogP contribution in [0.4, 0.5) is 0 Å². The second-order valence-corrected chi connectivity index (χ2v) is 3.11. The molecule has 0 aliphatic carbocycles. The zero-order chi connectivity index (χ0) is 10.2. The van der Waals surface area contributed by atoms with Gasteiger partial charge >= 0.3 is 0 Å². The topological polar surface area (TPSA) is 110 Å². The van der Waals surface area contributed by atoms with Gasteiger partial charge in [0.2, 0.25) is 0 Å². The first kappa shape index (κ1) is 10.8. The maximum atomic E-state index is 9.27. The molecule has 0 amide bonds. The number of ether oxygens (including phenoxy) is 1. The highest BCUT2D eigenvalue weighted by Crippen LogP contribution is 2.26. The lowest BCUT2D eigenvalue weighted by Gasteiger charge is -2.43. The Bertz CT molecular complexity index is 180. The van der Waals surface area contributed by atoms with Crippen LogP contribution in [0, 0.1) is 6.92 Å². The Balaban J connectivity index is 2.79. The molecule has 0 bridgehead atoms. The Labute approximate surface area is 75.0 Å². The van der Waals surface area contributed by atoms with Gasteiger partial charge in [-0.05, 0) is 0 Å². The second-order valence-electron chi connectivity index (χ2n) is 3.11. The minimum atomic E-state index is -2.20. The normalized spacial score (nSPS) is 52.2. The number of hydrogen-bond acceptors (Lipinski definition) is 6. The molecule has 1 heterocycles. The molecule has 6 heteroatoms. The number of rotatable bonds is 1. The SMILES string of the molecule is [CH2]C1(O)O[C@H](CO)[C@@H](O)[C@H](O)[C@H]1O. The minimum absolute atomic E-state index is 0.581. The van der Waals surface area contributed by atoms with Crippen LogP contribution in [0.1, 0.15) is 0 Å². The molecule has 5 N–H and O–H groups in total. The van der Waals surface area contributed by atoms with E-state index in [0.717, 1.165) is 0 Å². The molecule has 5 atom stereocenters. The molecule has 0 aromatic rings. The maximum absolute atomic E-state index is 9.27. The van der Waals surface area contributed by atoms with Crippen LogP contribution in [-0.2, 0) is 4.74 Å². The fourth-order valence-electron chi connectivity index (χ4n) is 1.22. The van der Waals surface area contributed by atoms with E-state index < -0.39 is 36.8 Å². The third-order valence-corrected chi connectivity index (χ3v) is 2.05. The van der Waals surface area contributed by atoms with Crippen molar-refractivity contribution in [3.05, 3.63) is 6.92 Å². The van der Waals surface area contributed by atoms with Crippen LogP contribution < -0.4 is 0 Å². The predicted molar refractivity (Wildman–Crippen MR) is 40.3 cm³/mol. The standard InChI is InChI=1S/C7H13O6/c1-7(12)6(11)5(10)4(9)3(2-8)13-7/h3-6,8-12H,1-2H2/t3-,4-,5+,6-,7?/m1/s1. The first-order valence-corrected chi connectivity index (χ1v) is 3.80. The number of aliphatic hydroxyl groups is 5. The summed E-state index contributed by atoms with van der Waals surface area (Å²) in [6.45, 7) is 2.51. The van der Waals surface area contributed by atoms with E-state index in [1.807, 2.05) is 0 Å². The summed E-state index contributed by atoms with van der Waals surface area (Å²) in [6, 6.07) is 0. The highest BCUT2D eigenvalue weighted by molar-refractivity contribution is 4.97. The van der Waals surface area contributed by atoms with Crippen molar-refractivity contribution in [2.45, 2.75) is 30.2 Å². The summed E-state index contributed by atoms with van der Waals surface area (Å²) in [7, 11) is 0. The van der Waals surface area contributed by atoms with Crippen LogP contribution in [0.15, 0.2) is 0 Å². The van der Waals surface area contributed by atoms with E-state index in [2.05, 4.69) is 11.7 Å². The molecule has 0 aromatic heterocycles. The molecular formula is C7H13O6. The van der Waals surface area contributed by atoms with E-state index in [9.17, 15) is 15.3 Å². The van der Waals surface area contributed by atoms with E-state index >= 15 is 0 Å². The summed E-state index contributed by atoms with van der Waals surface area (Å²) < 4.78 is 4.65. The van der Waals surface area contributed by atoms with E-state index in [4.69, 9.17) is 10.2 Å². The van der Waals surface area contributed by atoms with Crippen molar-refractivity contribution in [2.75, 3.05) is 6.61 Å². The molecule has 0 aromatic carbocycles. The van der Waals surface area contributed by atoms with Crippen molar-refractivity contribution >= 4 is 0 Å². The zero-order valence-electron chi connectivity index (χ0n) is 6.87. The van der Waals surface area contributed by atoms with Crippen LogP contribution >= 0.6 is 0 Å². The summed E-state index contributed by atoms with van der Waals surface area (Å²) in [4.78, 5) is 0. The molecule has 6 nitrogen and oxygen atoms in total. The van der Waals surface area contributed by atoms with Crippen LogP contribution in [0.3, 0.4) is 0 Å². The molecule has 77 valence electrons. The summed E-state index contributed by atoms with van der Waals surface area (Å²) in [5.41, 5.74) is 0. The highest BCUT2D eigenvalue weighted by Gasteiger charge is 2.49. The van der Waals surface area contributed by atoms with Gasteiger partial charge in [0.1, 0.15) is 24.4 Å². The smallest absolute Gasteiger partial charge is 0.195 e. The fourth-order valence-corrected chi connectivity index (χ4v) is 1.22. The molecule has 0 saturated carbocycles. The first-order valence-electron chi connectivity index (χ1n) is 3.80. The Morgan fingerprint density at radius 1 is 1.23 bits per heavy atom. The monoisotopic (exact) mass is 193 g/mol. The van der Waals surface area contributed by atoms with Crippen molar-refractivity contribution in [3.63, 3.8) is 0 Å². The van der Waals surface area contributed by atoms with E-state index in [1.54, 1.807) is 0 Å². The van der Waals surface area contributed by atoms with Gasteiger partial charge in [0, 0.05) is 6.92 Å².